The maximum Gasteiger partial charge on any atom is 0.308 e. The number of nitrogens with zero attached hydrogens (tertiary/aromatic N) is 4. The number of carboxylic acids is 1. The second-order valence-corrected chi connectivity index (χ2v) is 10.9. The van der Waals surface area contributed by atoms with Crippen molar-refractivity contribution in [1.29, 1.82) is 0 Å². The lowest BCUT2D eigenvalue weighted by molar-refractivity contribution is -0.148. The maximum absolute atomic E-state index is 15.9. The molecule has 2 bridgehead atoms. The molecule has 7 rings (SSSR count). The van der Waals surface area contributed by atoms with Crippen molar-refractivity contribution >= 4 is 45.9 Å². The molecular formula is C24H22ClFN6O2S. The molecule has 0 amide bonds. The fourth-order valence-corrected chi connectivity index (χ4v) is 6.58. The van der Waals surface area contributed by atoms with Gasteiger partial charge in [-0.1, -0.05) is 11.6 Å². The van der Waals surface area contributed by atoms with Gasteiger partial charge < -0.3 is 15.4 Å². The highest BCUT2D eigenvalue weighted by atomic mass is 35.5. The zero-order chi connectivity index (χ0) is 24.3. The zero-order valence-electron chi connectivity index (χ0n) is 18.8. The number of thiophene rings is 1. The van der Waals surface area contributed by atoms with Crippen molar-refractivity contribution in [1.82, 2.24) is 24.9 Å². The summed E-state index contributed by atoms with van der Waals surface area (Å²) in [4.78, 5) is 34.6. The van der Waals surface area contributed by atoms with Gasteiger partial charge in [-0.3, -0.25) is 4.79 Å². The summed E-state index contributed by atoms with van der Waals surface area (Å²) in [5.74, 6) is -1.51. The fourth-order valence-electron chi connectivity index (χ4n) is 5.60. The zero-order valence-corrected chi connectivity index (χ0v) is 20.3. The number of carbonyl (C=O) groups is 1. The van der Waals surface area contributed by atoms with Crippen molar-refractivity contribution in [3.05, 3.63) is 40.4 Å². The molecule has 0 aliphatic heterocycles. The van der Waals surface area contributed by atoms with E-state index in [0.717, 1.165) is 30.6 Å². The number of aromatic amines is 1. The molecule has 35 heavy (non-hydrogen) atoms. The fraction of sp³-hybridized carbons (Fsp3) is 0.375. The second kappa shape index (κ2) is 8.53. The van der Waals surface area contributed by atoms with Gasteiger partial charge in [-0.15, -0.1) is 11.3 Å². The lowest BCUT2D eigenvalue weighted by atomic mass is 9.61. The Hall–Kier alpha value is -3.11. The van der Waals surface area contributed by atoms with Gasteiger partial charge in [-0.2, -0.15) is 0 Å². The van der Waals surface area contributed by atoms with Crippen molar-refractivity contribution in [2.45, 2.75) is 38.6 Å². The first-order valence-electron chi connectivity index (χ1n) is 11.5. The number of anilines is 1. The van der Waals surface area contributed by atoms with Gasteiger partial charge in [-0.05, 0) is 56.6 Å². The third-order valence-corrected chi connectivity index (χ3v) is 8.41. The number of rotatable bonds is 5. The van der Waals surface area contributed by atoms with Gasteiger partial charge in [0.2, 0.25) is 0 Å². The van der Waals surface area contributed by atoms with E-state index < -0.39 is 23.7 Å². The van der Waals surface area contributed by atoms with E-state index in [2.05, 4.69) is 30.2 Å². The summed E-state index contributed by atoms with van der Waals surface area (Å²) in [6.45, 7) is 1.95. The van der Waals surface area contributed by atoms with E-state index >= 15 is 4.39 Å². The summed E-state index contributed by atoms with van der Waals surface area (Å²) in [5.41, 5.74) is 1.68. The third kappa shape index (κ3) is 3.84. The van der Waals surface area contributed by atoms with Gasteiger partial charge in [0.05, 0.1) is 22.6 Å². The number of hydrogen-bond donors (Lipinski definition) is 3. The average Bonchev–Trinajstić information content (AvgIpc) is 3.46. The molecule has 4 aromatic heterocycles. The van der Waals surface area contributed by atoms with E-state index in [4.69, 9.17) is 11.6 Å². The van der Waals surface area contributed by atoms with Crippen LogP contribution in [0, 0.1) is 30.5 Å². The number of halogens is 2. The van der Waals surface area contributed by atoms with Crippen LogP contribution in [0.4, 0.5) is 10.2 Å². The van der Waals surface area contributed by atoms with E-state index in [9.17, 15) is 9.90 Å². The predicted molar refractivity (Wildman–Crippen MR) is 132 cm³/mol. The molecule has 180 valence electrons. The summed E-state index contributed by atoms with van der Waals surface area (Å²) >= 11 is 7.51. The van der Waals surface area contributed by atoms with E-state index in [1.807, 2.05) is 19.1 Å². The first-order valence-corrected chi connectivity index (χ1v) is 12.7. The molecule has 4 heterocycles. The summed E-state index contributed by atoms with van der Waals surface area (Å²) in [6.07, 6.45) is 6.76. The standard InChI is InChI=1S/C24H22ClFN6O2S/c1-10-2-7-14(35-10)20-17(26)22(30-18-12-5-3-11(4-6-12)16(18)24(33)34)32-21(31-20)13-8-27-23-19(13)29-15(25)9-28-23/h2,7-9,11-12,16,18H,3-6H2,1H3,(H,27,28)(H,33,34)(H,30,31,32)/t11?,12?,16-,18-/m1/s1. The topological polar surface area (TPSA) is 117 Å². The Labute approximate surface area is 209 Å². The maximum atomic E-state index is 15.9. The number of hydrogen-bond acceptors (Lipinski definition) is 7. The number of aromatic nitrogens is 5. The molecule has 2 atom stereocenters. The highest BCUT2D eigenvalue weighted by Gasteiger charge is 2.47. The lowest BCUT2D eigenvalue weighted by Crippen LogP contribution is -2.51. The van der Waals surface area contributed by atoms with Crippen LogP contribution in [-0.2, 0) is 4.79 Å². The number of nitrogens with one attached hydrogen (secondary N) is 2. The van der Waals surface area contributed by atoms with Crippen LogP contribution in [-0.4, -0.2) is 42.0 Å². The van der Waals surface area contributed by atoms with Gasteiger partial charge in [0.1, 0.15) is 16.4 Å². The third-order valence-electron chi connectivity index (χ3n) is 7.22. The summed E-state index contributed by atoms with van der Waals surface area (Å²) in [5, 5.41) is 13.4. The van der Waals surface area contributed by atoms with Crippen LogP contribution in [0.3, 0.4) is 0 Å². The van der Waals surface area contributed by atoms with Gasteiger partial charge in [0.25, 0.3) is 0 Å². The summed E-state index contributed by atoms with van der Waals surface area (Å²) in [6, 6.07) is 3.34. The highest BCUT2D eigenvalue weighted by Crippen LogP contribution is 2.47. The van der Waals surface area contributed by atoms with Crippen molar-refractivity contribution < 1.29 is 14.3 Å². The molecule has 0 spiro atoms. The highest BCUT2D eigenvalue weighted by molar-refractivity contribution is 7.15. The van der Waals surface area contributed by atoms with Crippen LogP contribution < -0.4 is 5.32 Å². The van der Waals surface area contributed by atoms with Crippen LogP contribution in [0.2, 0.25) is 5.15 Å². The van der Waals surface area contributed by atoms with Crippen molar-refractivity contribution in [3.8, 4) is 22.0 Å². The molecule has 4 aromatic rings. The van der Waals surface area contributed by atoms with E-state index in [1.54, 1.807) is 6.20 Å². The molecule has 8 nitrogen and oxygen atoms in total. The molecule has 3 aliphatic carbocycles. The minimum Gasteiger partial charge on any atom is -0.481 e. The van der Waals surface area contributed by atoms with Crippen LogP contribution in [0.15, 0.2) is 24.5 Å². The lowest BCUT2D eigenvalue weighted by Gasteiger charge is -2.47. The van der Waals surface area contributed by atoms with Crippen LogP contribution in [0.5, 0.6) is 0 Å². The molecule has 3 fully saturated rings. The number of fused-ring (bicyclic) bond motifs is 4. The number of aliphatic carboxylic acids is 1. The second-order valence-electron chi connectivity index (χ2n) is 9.27. The molecule has 0 saturated heterocycles. The minimum absolute atomic E-state index is 0.00388. The number of carboxylic acid groups (broad SMARTS) is 1. The Kier molecular flexibility index (Phi) is 5.45. The van der Waals surface area contributed by atoms with Crippen LogP contribution >= 0.6 is 22.9 Å². The molecule has 3 aliphatic rings. The molecule has 11 heteroatoms. The Balaban J connectivity index is 1.50. The first-order chi connectivity index (χ1) is 16.9. The Morgan fingerprint density at radius 1 is 1.20 bits per heavy atom. The average molecular weight is 513 g/mol. The summed E-state index contributed by atoms with van der Waals surface area (Å²) in [7, 11) is 0. The van der Waals surface area contributed by atoms with E-state index in [0.29, 0.717) is 21.6 Å². The van der Waals surface area contributed by atoms with Crippen molar-refractivity contribution in [2.75, 3.05) is 5.32 Å². The molecule has 0 aromatic carbocycles. The Bertz CT molecular complexity index is 1450. The predicted octanol–water partition coefficient (Wildman–Crippen LogP) is 5.55. The number of H-pyrrole nitrogens is 1. The molecule has 3 saturated carbocycles. The largest absolute Gasteiger partial charge is 0.481 e. The molecule has 3 N–H and O–H groups in total. The number of aryl methyl sites for hydroxylation is 1. The molecule has 0 radical (unpaired) electrons. The van der Waals surface area contributed by atoms with Crippen LogP contribution in [0.25, 0.3) is 33.1 Å². The van der Waals surface area contributed by atoms with E-state index in [1.165, 1.54) is 17.5 Å². The Morgan fingerprint density at radius 2 is 1.97 bits per heavy atom. The van der Waals surface area contributed by atoms with Crippen molar-refractivity contribution in [3.63, 3.8) is 0 Å². The van der Waals surface area contributed by atoms with E-state index in [-0.39, 0.29) is 34.3 Å². The van der Waals surface area contributed by atoms with Crippen LogP contribution in [0.1, 0.15) is 30.6 Å². The molecule has 0 unspecified atom stereocenters. The monoisotopic (exact) mass is 512 g/mol. The van der Waals surface area contributed by atoms with Crippen molar-refractivity contribution in [2.24, 2.45) is 17.8 Å². The normalized spacial score (nSPS) is 23.6. The molecular weight excluding hydrogens is 491 g/mol. The summed E-state index contributed by atoms with van der Waals surface area (Å²) < 4.78 is 15.9. The smallest absolute Gasteiger partial charge is 0.308 e. The van der Waals surface area contributed by atoms with Gasteiger partial charge >= 0.3 is 5.97 Å². The Morgan fingerprint density at radius 3 is 2.69 bits per heavy atom. The quantitative estimate of drug-likeness (QED) is 0.321. The SMILES string of the molecule is Cc1ccc(-c2nc(-c3c[nH]c4ncc(Cl)nc34)nc(N[C@@H]3C4CCC(CC4)[C@H]3C(=O)O)c2F)s1. The van der Waals surface area contributed by atoms with Gasteiger partial charge in [-0.25, -0.2) is 24.3 Å². The first kappa shape index (κ1) is 22.4. The van der Waals surface area contributed by atoms with Gasteiger partial charge in [0.15, 0.2) is 23.1 Å². The van der Waals surface area contributed by atoms with Gasteiger partial charge in [0, 0.05) is 17.1 Å². The minimum atomic E-state index is -0.845.